The maximum Gasteiger partial charge on any atom is 0.258 e. The zero-order valence-electron chi connectivity index (χ0n) is 13.9. The molecule has 0 saturated heterocycles. The molecule has 0 fully saturated rings. The van der Waals surface area contributed by atoms with E-state index in [1.165, 1.54) is 11.1 Å². The molecular weight excluding hydrogens is 361 g/mol. The number of nitrogens with one attached hydrogen (secondary N) is 1. The molecule has 25 heavy (non-hydrogen) atoms. The summed E-state index contributed by atoms with van der Waals surface area (Å²) in [7, 11) is 0. The van der Waals surface area contributed by atoms with Gasteiger partial charge in [-0.1, -0.05) is 35.3 Å². The Labute approximate surface area is 157 Å². The van der Waals surface area contributed by atoms with E-state index in [0.717, 1.165) is 25.2 Å². The largest absolute Gasteiger partial charge is 0.493 e. The summed E-state index contributed by atoms with van der Waals surface area (Å²) in [6, 6.07) is 11.1. The van der Waals surface area contributed by atoms with Gasteiger partial charge in [0, 0.05) is 17.5 Å². The third-order valence-corrected chi connectivity index (χ3v) is 4.49. The number of carbonyl (C=O) groups is 1. The molecule has 0 unspecified atom stereocenters. The third-order valence-electron chi connectivity index (χ3n) is 3.96. The Bertz CT molecular complexity index is 779. The molecule has 1 aliphatic heterocycles. The summed E-state index contributed by atoms with van der Waals surface area (Å²) in [5, 5.41) is 3.84. The highest BCUT2D eigenvalue weighted by Gasteiger charge is 2.14. The van der Waals surface area contributed by atoms with Crippen LogP contribution in [0.25, 0.3) is 0 Å². The lowest BCUT2D eigenvalue weighted by Gasteiger charge is -2.15. The predicted molar refractivity (Wildman–Crippen MR) is 98.9 cm³/mol. The zero-order valence-corrected chi connectivity index (χ0v) is 15.4. The van der Waals surface area contributed by atoms with E-state index in [1.54, 1.807) is 18.2 Å². The van der Waals surface area contributed by atoms with Crippen molar-refractivity contribution < 1.29 is 14.3 Å². The van der Waals surface area contributed by atoms with Crippen LogP contribution in [0.15, 0.2) is 36.4 Å². The second kappa shape index (κ2) is 7.98. The van der Waals surface area contributed by atoms with Crippen LogP contribution >= 0.6 is 23.2 Å². The number of carbonyl (C=O) groups excluding carboxylic acids is 1. The van der Waals surface area contributed by atoms with E-state index < -0.39 is 0 Å². The second-order valence-corrected chi connectivity index (χ2v) is 6.92. The molecule has 2 aromatic rings. The van der Waals surface area contributed by atoms with Crippen LogP contribution in [-0.4, -0.2) is 25.2 Å². The van der Waals surface area contributed by atoms with E-state index >= 15 is 0 Å². The van der Waals surface area contributed by atoms with Gasteiger partial charge in [0.25, 0.3) is 5.91 Å². The number of benzene rings is 2. The molecule has 0 bridgehead atoms. The average Bonchev–Trinajstić information content (AvgIpc) is 3.01. The van der Waals surface area contributed by atoms with Crippen LogP contribution in [0.3, 0.4) is 0 Å². The fourth-order valence-corrected chi connectivity index (χ4v) is 3.29. The van der Waals surface area contributed by atoms with E-state index in [4.69, 9.17) is 32.7 Å². The second-order valence-electron chi connectivity index (χ2n) is 6.08. The number of ether oxygens (including phenoxy) is 2. The molecular formula is C19H19Cl2NO3. The first-order valence-electron chi connectivity index (χ1n) is 8.13. The van der Waals surface area contributed by atoms with Crippen LogP contribution < -0.4 is 14.8 Å². The van der Waals surface area contributed by atoms with Crippen molar-refractivity contribution in [3.63, 3.8) is 0 Å². The number of hydrogen-bond acceptors (Lipinski definition) is 3. The topological polar surface area (TPSA) is 47.6 Å². The fraction of sp³-hybridized carbons (Fsp3) is 0.316. The minimum atomic E-state index is -0.192. The SMILES string of the molecule is C[C@@H](Cc1ccc2c(c1)CCO2)NC(=O)COc1ccc(Cl)cc1Cl. The molecule has 1 amide bonds. The Hall–Kier alpha value is -1.91. The van der Waals surface area contributed by atoms with Crippen molar-refractivity contribution in [3.05, 3.63) is 57.6 Å². The highest BCUT2D eigenvalue weighted by molar-refractivity contribution is 6.35. The average molecular weight is 380 g/mol. The molecule has 1 aliphatic rings. The lowest BCUT2D eigenvalue weighted by atomic mass is 10.0. The van der Waals surface area contributed by atoms with E-state index in [0.29, 0.717) is 15.8 Å². The number of fused-ring (bicyclic) bond motifs is 1. The van der Waals surface area contributed by atoms with Crippen LogP contribution in [0.5, 0.6) is 11.5 Å². The molecule has 132 valence electrons. The van der Waals surface area contributed by atoms with Gasteiger partial charge in [-0.15, -0.1) is 0 Å². The summed E-state index contributed by atoms with van der Waals surface area (Å²) in [5.41, 5.74) is 2.41. The number of amides is 1. The van der Waals surface area contributed by atoms with Gasteiger partial charge in [-0.3, -0.25) is 4.79 Å². The van der Waals surface area contributed by atoms with E-state index in [2.05, 4.69) is 11.4 Å². The van der Waals surface area contributed by atoms with Gasteiger partial charge in [0.2, 0.25) is 0 Å². The highest BCUT2D eigenvalue weighted by atomic mass is 35.5. The van der Waals surface area contributed by atoms with Crippen LogP contribution in [0, 0.1) is 0 Å². The molecule has 1 atom stereocenters. The lowest BCUT2D eigenvalue weighted by Crippen LogP contribution is -2.37. The normalized spacial score (nSPS) is 13.7. The van der Waals surface area contributed by atoms with Gasteiger partial charge in [0.15, 0.2) is 6.61 Å². The molecule has 0 radical (unpaired) electrons. The van der Waals surface area contributed by atoms with E-state index in [9.17, 15) is 4.79 Å². The van der Waals surface area contributed by atoms with Crippen LogP contribution in [0.2, 0.25) is 10.0 Å². The van der Waals surface area contributed by atoms with Gasteiger partial charge in [-0.05, 0) is 48.7 Å². The standard InChI is InChI=1S/C19H19Cl2NO3/c1-12(8-13-2-4-17-14(9-13)6-7-24-17)22-19(23)11-25-18-5-3-15(20)10-16(18)21/h2-5,9-10,12H,6-8,11H2,1H3,(H,22,23)/t12-/m0/s1. The Kier molecular flexibility index (Phi) is 5.71. The molecule has 1 heterocycles. The summed E-state index contributed by atoms with van der Waals surface area (Å²) in [4.78, 5) is 12.1. The van der Waals surface area contributed by atoms with Crippen molar-refractivity contribution in [2.24, 2.45) is 0 Å². The molecule has 0 saturated carbocycles. The summed E-state index contributed by atoms with van der Waals surface area (Å²) in [6.07, 6.45) is 1.69. The predicted octanol–water partition coefficient (Wildman–Crippen LogP) is 4.05. The maximum absolute atomic E-state index is 12.1. The molecule has 1 N–H and O–H groups in total. The Morgan fingerprint density at radius 3 is 2.92 bits per heavy atom. The zero-order chi connectivity index (χ0) is 17.8. The molecule has 3 rings (SSSR count). The van der Waals surface area contributed by atoms with Gasteiger partial charge < -0.3 is 14.8 Å². The van der Waals surface area contributed by atoms with Crippen molar-refractivity contribution in [1.82, 2.24) is 5.32 Å². The van der Waals surface area contributed by atoms with Crippen molar-refractivity contribution in [3.8, 4) is 11.5 Å². The number of halogens is 2. The lowest BCUT2D eigenvalue weighted by molar-refractivity contribution is -0.123. The van der Waals surface area contributed by atoms with Gasteiger partial charge >= 0.3 is 0 Å². The van der Waals surface area contributed by atoms with Crippen LogP contribution in [0.4, 0.5) is 0 Å². The Morgan fingerprint density at radius 1 is 1.28 bits per heavy atom. The highest BCUT2D eigenvalue weighted by Crippen LogP contribution is 2.28. The van der Waals surface area contributed by atoms with Crippen molar-refractivity contribution in [2.45, 2.75) is 25.8 Å². The van der Waals surface area contributed by atoms with Crippen molar-refractivity contribution in [1.29, 1.82) is 0 Å². The quantitative estimate of drug-likeness (QED) is 0.823. The molecule has 4 nitrogen and oxygen atoms in total. The van der Waals surface area contributed by atoms with Gasteiger partial charge in [0.05, 0.1) is 11.6 Å². The molecule has 0 spiro atoms. The summed E-state index contributed by atoms with van der Waals surface area (Å²) < 4.78 is 11.0. The third kappa shape index (κ3) is 4.80. The van der Waals surface area contributed by atoms with Crippen molar-refractivity contribution >= 4 is 29.1 Å². The first-order chi connectivity index (χ1) is 12.0. The molecule has 0 aromatic heterocycles. The van der Waals surface area contributed by atoms with Crippen LogP contribution in [0.1, 0.15) is 18.1 Å². The van der Waals surface area contributed by atoms with Crippen molar-refractivity contribution in [2.75, 3.05) is 13.2 Å². The van der Waals surface area contributed by atoms with Gasteiger partial charge in [-0.25, -0.2) is 0 Å². The summed E-state index contributed by atoms with van der Waals surface area (Å²) in [6.45, 7) is 2.62. The van der Waals surface area contributed by atoms with Crippen LogP contribution in [-0.2, 0) is 17.6 Å². The number of hydrogen-bond donors (Lipinski definition) is 1. The Balaban J connectivity index is 1.49. The van der Waals surface area contributed by atoms with Gasteiger partial charge in [-0.2, -0.15) is 0 Å². The minimum Gasteiger partial charge on any atom is -0.493 e. The molecule has 0 aliphatic carbocycles. The maximum atomic E-state index is 12.1. The first-order valence-corrected chi connectivity index (χ1v) is 8.88. The molecule has 6 heteroatoms. The van der Waals surface area contributed by atoms with E-state index in [-0.39, 0.29) is 18.6 Å². The monoisotopic (exact) mass is 379 g/mol. The first kappa shape index (κ1) is 17.9. The van der Waals surface area contributed by atoms with E-state index in [1.807, 2.05) is 19.1 Å². The summed E-state index contributed by atoms with van der Waals surface area (Å²) >= 11 is 11.9. The number of rotatable bonds is 6. The Morgan fingerprint density at radius 2 is 2.12 bits per heavy atom. The minimum absolute atomic E-state index is 0.00263. The molecule has 2 aromatic carbocycles. The van der Waals surface area contributed by atoms with Gasteiger partial charge in [0.1, 0.15) is 11.5 Å². The fourth-order valence-electron chi connectivity index (χ4n) is 2.82. The summed E-state index contributed by atoms with van der Waals surface area (Å²) in [5.74, 6) is 1.21. The smallest absolute Gasteiger partial charge is 0.258 e.